The van der Waals surface area contributed by atoms with Gasteiger partial charge in [0.2, 0.25) is 0 Å². The van der Waals surface area contributed by atoms with Crippen LogP contribution < -0.4 is 0 Å². The van der Waals surface area contributed by atoms with Crippen molar-refractivity contribution < 1.29 is 33.4 Å². The van der Waals surface area contributed by atoms with Crippen LogP contribution in [0.25, 0.3) is 0 Å². The highest BCUT2D eigenvalue weighted by Crippen LogP contribution is 2.10. The quantitative estimate of drug-likeness (QED) is 0.271. The Kier molecular flexibility index (Phi) is 8.15. The summed E-state index contributed by atoms with van der Waals surface area (Å²) in [5.74, 6) is -5.47. The molecule has 108 valence electrons. The van der Waals surface area contributed by atoms with Crippen molar-refractivity contribution >= 4 is 23.7 Å². The second-order valence-electron chi connectivity index (χ2n) is 3.40. The molecule has 0 bridgehead atoms. The first-order chi connectivity index (χ1) is 8.97. The molecule has 0 unspecified atom stereocenters. The van der Waals surface area contributed by atoms with Gasteiger partial charge in [-0.2, -0.15) is 0 Å². The summed E-state index contributed by atoms with van der Waals surface area (Å²) in [6.07, 6.45) is -0.537. The van der Waals surface area contributed by atoms with Gasteiger partial charge in [-0.3, -0.25) is 14.4 Å². The molecule has 19 heavy (non-hydrogen) atoms. The first-order valence-corrected chi connectivity index (χ1v) is 6.01. The molecular weight excluding hydrogens is 256 g/mol. The summed E-state index contributed by atoms with van der Waals surface area (Å²) in [7, 11) is 0. The van der Waals surface area contributed by atoms with Crippen molar-refractivity contribution in [3.63, 3.8) is 0 Å². The first-order valence-electron chi connectivity index (χ1n) is 6.01. The fraction of sp³-hybridized carbons (Fsp3) is 0.667. The third kappa shape index (κ3) is 5.98. The van der Waals surface area contributed by atoms with Crippen molar-refractivity contribution in [2.75, 3.05) is 19.8 Å². The molecule has 0 aromatic rings. The average molecular weight is 274 g/mol. The summed E-state index contributed by atoms with van der Waals surface area (Å²) in [6.45, 7) is 4.81. The van der Waals surface area contributed by atoms with Crippen molar-refractivity contribution in [3.8, 4) is 0 Å². The van der Waals surface area contributed by atoms with E-state index >= 15 is 0 Å². The molecule has 0 radical (unpaired) electrons. The van der Waals surface area contributed by atoms with Crippen LogP contribution in [0, 0.1) is 5.92 Å². The lowest BCUT2D eigenvalue weighted by molar-refractivity contribution is -0.164. The molecule has 0 amide bonds. The molecule has 0 aliphatic carbocycles. The molecule has 0 aromatic heterocycles. The summed E-state index contributed by atoms with van der Waals surface area (Å²) >= 11 is 0. The van der Waals surface area contributed by atoms with Crippen LogP contribution in [0.4, 0.5) is 0 Å². The van der Waals surface area contributed by atoms with Gasteiger partial charge in [0, 0.05) is 0 Å². The average Bonchev–Trinajstić information content (AvgIpc) is 2.36. The zero-order valence-electron chi connectivity index (χ0n) is 11.3. The van der Waals surface area contributed by atoms with E-state index in [0.717, 1.165) is 0 Å². The van der Waals surface area contributed by atoms with Gasteiger partial charge in [0.25, 0.3) is 5.78 Å². The third-order valence-corrected chi connectivity index (χ3v) is 2.04. The van der Waals surface area contributed by atoms with Gasteiger partial charge in [-0.15, -0.1) is 0 Å². The van der Waals surface area contributed by atoms with Crippen LogP contribution in [0.3, 0.4) is 0 Å². The Hall–Kier alpha value is -1.92. The molecule has 7 nitrogen and oxygen atoms in total. The van der Waals surface area contributed by atoms with Crippen molar-refractivity contribution in [1.29, 1.82) is 0 Å². The van der Waals surface area contributed by atoms with Crippen molar-refractivity contribution in [2.45, 2.75) is 27.2 Å². The van der Waals surface area contributed by atoms with Crippen LogP contribution in [0.2, 0.25) is 0 Å². The van der Waals surface area contributed by atoms with Gasteiger partial charge in [-0.25, -0.2) is 4.79 Å². The number of ether oxygens (including phenoxy) is 3. The first kappa shape index (κ1) is 17.1. The van der Waals surface area contributed by atoms with E-state index in [9.17, 15) is 19.2 Å². The molecule has 0 aromatic carbocycles. The van der Waals surface area contributed by atoms with Crippen LogP contribution in [0.5, 0.6) is 0 Å². The maximum atomic E-state index is 11.7. The van der Waals surface area contributed by atoms with E-state index in [1.54, 1.807) is 13.8 Å². The molecule has 1 atom stereocenters. The Labute approximate surface area is 111 Å². The van der Waals surface area contributed by atoms with Crippen molar-refractivity contribution in [3.05, 3.63) is 0 Å². The van der Waals surface area contributed by atoms with Gasteiger partial charge >= 0.3 is 17.9 Å². The predicted molar refractivity (Wildman–Crippen MR) is 63.0 cm³/mol. The number of Topliss-reactive ketones (excluding diaryl/α,β-unsaturated/α-hetero) is 1. The zero-order valence-corrected chi connectivity index (χ0v) is 11.3. The van der Waals surface area contributed by atoms with E-state index in [4.69, 9.17) is 0 Å². The molecular formula is C12H18O7. The predicted octanol–water partition coefficient (Wildman–Crippen LogP) is 0.251. The van der Waals surface area contributed by atoms with Gasteiger partial charge < -0.3 is 14.2 Å². The minimum atomic E-state index is -1.52. The summed E-state index contributed by atoms with van der Waals surface area (Å²) in [4.78, 5) is 45.9. The summed E-state index contributed by atoms with van der Waals surface area (Å²) in [6, 6.07) is 0. The topological polar surface area (TPSA) is 96.0 Å². The molecule has 0 aliphatic rings. The number of rotatable bonds is 8. The second kappa shape index (κ2) is 9.07. The van der Waals surface area contributed by atoms with E-state index < -0.39 is 36.0 Å². The van der Waals surface area contributed by atoms with Gasteiger partial charge in [0.15, 0.2) is 0 Å². The minimum absolute atomic E-state index is 0.000471. The highest BCUT2D eigenvalue weighted by Gasteiger charge is 2.36. The minimum Gasteiger partial charge on any atom is -0.466 e. The van der Waals surface area contributed by atoms with Gasteiger partial charge in [0.1, 0.15) is 5.92 Å². The molecule has 0 fully saturated rings. The molecule has 0 spiro atoms. The smallest absolute Gasteiger partial charge is 0.375 e. The van der Waals surface area contributed by atoms with Crippen LogP contribution in [-0.2, 0) is 33.4 Å². The zero-order chi connectivity index (χ0) is 14.8. The van der Waals surface area contributed by atoms with E-state index in [1.165, 1.54) is 6.92 Å². The second-order valence-corrected chi connectivity index (χ2v) is 3.40. The summed E-state index contributed by atoms with van der Waals surface area (Å²) < 4.78 is 13.8. The normalized spacial score (nSPS) is 11.3. The lowest BCUT2D eigenvalue weighted by Gasteiger charge is -2.12. The number of hydrogen-bond acceptors (Lipinski definition) is 7. The van der Waals surface area contributed by atoms with Crippen LogP contribution in [0.15, 0.2) is 0 Å². The Bertz CT molecular complexity index is 348. The fourth-order valence-corrected chi connectivity index (χ4v) is 1.26. The summed E-state index contributed by atoms with van der Waals surface area (Å²) in [5.41, 5.74) is 0. The van der Waals surface area contributed by atoms with Crippen molar-refractivity contribution in [1.82, 2.24) is 0 Å². The van der Waals surface area contributed by atoms with Gasteiger partial charge in [0.05, 0.1) is 26.2 Å². The number of esters is 3. The third-order valence-electron chi connectivity index (χ3n) is 2.04. The molecule has 0 saturated carbocycles. The monoisotopic (exact) mass is 274 g/mol. The Morgan fingerprint density at radius 2 is 1.37 bits per heavy atom. The van der Waals surface area contributed by atoms with Crippen LogP contribution in [0.1, 0.15) is 27.2 Å². The molecule has 0 N–H and O–H groups in total. The largest absolute Gasteiger partial charge is 0.466 e. The fourth-order valence-electron chi connectivity index (χ4n) is 1.26. The van der Waals surface area contributed by atoms with E-state index in [2.05, 4.69) is 14.2 Å². The molecule has 0 saturated heterocycles. The van der Waals surface area contributed by atoms with E-state index in [0.29, 0.717) is 0 Å². The maximum Gasteiger partial charge on any atom is 0.375 e. The Balaban J connectivity index is 4.84. The highest BCUT2D eigenvalue weighted by molar-refractivity contribution is 6.38. The molecule has 0 aliphatic heterocycles. The van der Waals surface area contributed by atoms with E-state index in [-0.39, 0.29) is 19.8 Å². The van der Waals surface area contributed by atoms with Crippen LogP contribution >= 0.6 is 0 Å². The van der Waals surface area contributed by atoms with Gasteiger partial charge in [-0.1, -0.05) is 0 Å². The maximum absolute atomic E-state index is 11.7. The lowest BCUT2D eigenvalue weighted by atomic mass is 10.0. The number of hydrogen-bond donors (Lipinski definition) is 0. The SMILES string of the molecule is CCOC(=O)C[C@@H](C(=O)OCC)C(=O)C(=O)OCC. The van der Waals surface area contributed by atoms with Crippen LogP contribution in [-0.4, -0.2) is 43.5 Å². The van der Waals surface area contributed by atoms with Gasteiger partial charge in [-0.05, 0) is 20.8 Å². The number of ketones is 1. The molecule has 7 heteroatoms. The van der Waals surface area contributed by atoms with Crippen molar-refractivity contribution in [2.24, 2.45) is 5.92 Å². The molecule has 0 rings (SSSR count). The summed E-state index contributed by atoms with van der Waals surface area (Å²) in [5, 5.41) is 0. The standard InChI is InChI=1S/C12H18O7/c1-4-17-9(13)7-8(11(15)18-5-2)10(14)12(16)19-6-3/h8H,4-7H2,1-3H3/t8-/m1/s1. The van der Waals surface area contributed by atoms with E-state index in [1.807, 2.05) is 0 Å². The Morgan fingerprint density at radius 3 is 1.84 bits per heavy atom. The number of carbonyl (C=O) groups excluding carboxylic acids is 4. The highest BCUT2D eigenvalue weighted by atomic mass is 16.5. The Morgan fingerprint density at radius 1 is 0.842 bits per heavy atom. The molecule has 0 heterocycles. The number of carbonyl (C=O) groups is 4. The lowest BCUT2D eigenvalue weighted by Crippen LogP contribution is -2.35.